The second kappa shape index (κ2) is 45.8. The van der Waals surface area contributed by atoms with Crippen LogP contribution in [0.15, 0.2) is 0 Å². The van der Waals surface area contributed by atoms with Crippen LogP contribution in [-0.4, -0.2) is 184 Å². The van der Waals surface area contributed by atoms with Crippen LogP contribution >= 0.6 is 0 Å². The average molecular weight is 770 g/mol. The van der Waals surface area contributed by atoms with E-state index in [4.69, 9.17) is 61.6 Å². The Morgan fingerprint density at radius 3 is 0.849 bits per heavy atom. The summed E-state index contributed by atoms with van der Waals surface area (Å²) in [5.41, 5.74) is 0. The minimum Gasteiger partial charge on any atom is -0.379 e. The maximum absolute atomic E-state index is 5.80. The zero-order valence-corrected chi connectivity index (χ0v) is 33.5. The van der Waals surface area contributed by atoms with E-state index in [0.29, 0.717) is 165 Å². The first-order valence-corrected chi connectivity index (χ1v) is 20.7. The van der Waals surface area contributed by atoms with Crippen molar-refractivity contribution in [2.24, 2.45) is 0 Å². The van der Waals surface area contributed by atoms with Crippen molar-refractivity contribution in [2.45, 2.75) is 77.2 Å². The molecule has 1 fully saturated rings. The van der Waals surface area contributed by atoms with Crippen LogP contribution in [0.4, 0.5) is 0 Å². The SMILES string of the molecule is CCCCCCCCCCOCCOCCOCCOCCOCCOCCOCCOCCOCCOCCOCCOCCOC1CCNCC1. The van der Waals surface area contributed by atoms with E-state index in [0.717, 1.165) is 39.0 Å². The number of rotatable bonds is 46. The van der Waals surface area contributed by atoms with Gasteiger partial charge in [0.15, 0.2) is 0 Å². The van der Waals surface area contributed by atoms with Crippen molar-refractivity contribution in [3.63, 3.8) is 0 Å². The van der Waals surface area contributed by atoms with Crippen LogP contribution in [0.1, 0.15) is 71.1 Å². The van der Waals surface area contributed by atoms with E-state index in [9.17, 15) is 0 Å². The van der Waals surface area contributed by atoms with E-state index < -0.39 is 0 Å². The van der Waals surface area contributed by atoms with Crippen LogP contribution in [0, 0.1) is 0 Å². The average Bonchev–Trinajstić information content (AvgIpc) is 3.18. The zero-order valence-electron chi connectivity index (χ0n) is 33.5. The Bertz CT molecular complexity index is 665. The number of piperidine rings is 1. The van der Waals surface area contributed by atoms with E-state index >= 15 is 0 Å². The first kappa shape index (κ1) is 50.5. The van der Waals surface area contributed by atoms with Gasteiger partial charge in [-0.15, -0.1) is 0 Å². The van der Waals surface area contributed by atoms with E-state index in [2.05, 4.69) is 12.2 Å². The molecule has 0 saturated carbocycles. The summed E-state index contributed by atoms with van der Waals surface area (Å²) < 4.78 is 72.1. The summed E-state index contributed by atoms with van der Waals surface area (Å²) in [4.78, 5) is 0. The topological polar surface area (TPSA) is 132 Å². The lowest BCUT2D eigenvalue weighted by atomic mass is 10.1. The molecule has 14 nitrogen and oxygen atoms in total. The molecule has 0 atom stereocenters. The molecule has 1 rings (SSSR count). The second-order valence-corrected chi connectivity index (χ2v) is 12.6. The monoisotopic (exact) mass is 770 g/mol. The molecule has 0 unspecified atom stereocenters. The molecule has 1 saturated heterocycles. The molecule has 0 bridgehead atoms. The van der Waals surface area contributed by atoms with E-state index in [1.54, 1.807) is 0 Å². The van der Waals surface area contributed by atoms with Gasteiger partial charge in [0.1, 0.15) is 0 Å². The molecule has 0 aromatic carbocycles. The molecule has 53 heavy (non-hydrogen) atoms. The summed E-state index contributed by atoms with van der Waals surface area (Å²) in [7, 11) is 0. The van der Waals surface area contributed by atoms with Crippen molar-refractivity contribution < 1.29 is 61.6 Å². The number of unbranched alkanes of at least 4 members (excludes halogenated alkanes) is 7. The van der Waals surface area contributed by atoms with Gasteiger partial charge in [-0.3, -0.25) is 0 Å². The fourth-order valence-electron chi connectivity index (χ4n) is 5.09. The van der Waals surface area contributed by atoms with Crippen molar-refractivity contribution >= 4 is 0 Å². The van der Waals surface area contributed by atoms with Gasteiger partial charge in [0.25, 0.3) is 0 Å². The Balaban J connectivity index is 1.59. The molecular weight excluding hydrogens is 690 g/mol. The predicted octanol–water partition coefficient (Wildman–Crippen LogP) is 4.09. The van der Waals surface area contributed by atoms with Crippen LogP contribution in [0.5, 0.6) is 0 Å². The predicted molar refractivity (Wildman–Crippen MR) is 204 cm³/mol. The molecule has 0 aliphatic carbocycles. The van der Waals surface area contributed by atoms with Gasteiger partial charge in [0, 0.05) is 6.61 Å². The summed E-state index contributed by atoms with van der Waals surface area (Å²) in [6.07, 6.45) is 13.1. The van der Waals surface area contributed by atoms with Crippen molar-refractivity contribution in [3.8, 4) is 0 Å². The summed E-state index contributed by atoms with van der Waals surface area (Å²) in [6.45, 7) is 18.3. The summed E-state index contributed by atoms with van der Waals surface area (Å²) in [5, 5.41) is 3.33. The van der Waals surface area contributed by atoms with Crippen LogP contribution in [0.25, 0.3) is 0 Å². The standard InChI is InChI=1S/C39H79NO13/c1-2-3-4-5-6-7-8-9-14-41-15-16-42-17-18-43-19-20-44-21-22-45-23-24-46-25-26-47-27-28-48-29-30-49-31-32-50-33-34-51-35-36-52-37-38-53-39-10-12-40-13-11-39/h39-40H,2-38H2,1H3. The molecule has 0 radical (unpaired) electrons. The molecule has 1 aliphatic rings. The Hall–Kier alpha value is -0.560. The van der Waals surface area contributed by atoms with Crippen LogP contribution < -0.4 is 5.32 Å². The van der Waals surface area contributed by atoms with Crippen LogP contribution in [-0.2, 0) is 61.6 Å². The summed E-state index contributed by atoms with van der Waals surface area (Å²) in [5.74, 6) is 0. The van der Waals surface area contributed by atoms with E-state index in [1.807, 2.05) is 0 Å². The van der Waals surface area contributed by atoms with E-state index in [1.165, 1.54) is 44.9 Å². The van der Waals surface area contributed by atoms with Crippen LogP contribution in [0.3, 0.4) is 0 Å². The third-order valence-corrected chi connectivity index (χ3v) is 8.10. The van der Waals surface area contributed by atoms with Gasteiger partial charge in [-0.2, -0.15) is 0 Å². The Kier molecular flexibility index (Phi) is 43.6. The third-order valence-electron chi connectivity index (χ3n) is 8.10. The van der Waals surface area contributed by atoms with Gasteiger partial charge >= 0.3 is 0 Å². The van der Waals surface area contributed by atoms with Gasteiger partial charge in [-0.05, 0) is 32.4 Å². The normalized spacial score (nSPS) is 13.8. The lowest BCUT2D eigenvalue weighted by molar-refractivity contribution is -0.0327. The summed E-state index contributed by atoms with van der Waals surface area (Å²) in [6, 6.07) is 0. The van der Waals surface area contributed by atoms with Crippen molar-refractivity contribution in [1.29, 1.82) is 0 Å². The smallest absolute Gasteiger partial charge is 0.0704 e. The van der Waals surface area contributed by atoms with Gasteiger partial charge in [-0.25, -0.2) is 0 Å². The van der Waals surface area contributed by atoms with Gasteiger partial charge in [0.2, 0.25) is 0 Å². The number of nitrogens with one attached hydrogen (secondary N) is 1. The maximum Gasteiger partial charge on any atom is 0.0704 e. The highest BCUT2D eigenvalue weighted by atomic mass is 16.6. The Morgan fingerprint density at radius 2 is 0.547 bits per heavy atom. The Morgan fingerprint density at radius 1 is 0.302 bits per heavy atom. The quantitative estimate of drug-likeness (QED) is 0.0892. The van der Waals surface area contributed by atoms with Gasteiger partial charge in [0.05, 0.1) is 165 Å². The lowest BCUT2D eigenvalue weighted by Crippen LogP contribution is -2.33. The van der Waals surface area contributed by atoms with Gasteiger partial charge in [-0.1, -0.05) is 51.9 Å². The lowest BCUT2D eigenvalue weighted by Gasteiger charge is -2.22. The minimum absolute atomic E-state index is 0.372. The van der Waals surface area contributed by atoms with Crippen molar-refractivity contribution in [1.82, 2.24) is 5.32 Å². The molecule has 0 spiro atoms. The largest absolute Gasteiger partial charge is 0.379 e. The maximum atomic E-state index is 5.80. The van der Waals surface area contributed by atoms with Crippen molar-refractivity contribution in [2.75, 3.05) is 178 Å². The third kappa shape index (κ3) is 42.4. The molecule has 1 aliphatic heterocycles. The molecule has 1 heterocycles. The number of hydrogen-bond donors (Lipinski definition) is 1. The van der Waals surface area contributed by atoms with Crippen LogP contribution in [0.2, 0.25) is 0 Å². The zero-order chi connectivity index (χ0) is 37.6. The fourth-order valence-corrected chi connectivity index (χ4v) is 5.09. The summed E-state index contributed by atoms with van der Waals surface area (Å²) >= 11 is 0. The fraction of sp³-hybridized carbons (Fsp3) is 1.00. The number of ether oxygens (including phenoxy) is 13. The van der Waals surface area contributed by atoms with Crippen molar-refractivity contribution in [3.05, 3.63) is 0 Å². The number of hydrogen-bond acceptors (Lipinski definition) is 14. The van der Waals surface area contributed by atoms with E-state index in [-0.39, 0.29) is 0 Å². The molecule has 0 amide bonds. The van der Waals surface area contributed by atoms with Gasteiger partial charge < -0.3 is 66.9 Å². The highest BCUT2D eigenvalue weighted by molar-refractivity contribution is 4.67. The molecule has 0 aromatic rings. The first-order valence-electron chi connectivity index (χ1n) is 20.7. The second-order valence-electron chi connectivity index (χ2n) is 12.6. The molecule has 318 valence electrons. The minimum atomic E-state index is 0.372. The highest BCUT2D eigenvalue weighted by Gasteiger charge is 2.12. The first-order chi connectivity index (χ1) is 26.4. The highest BCUT2D eigenvalue weighted by Crippen LogP contribution is 2.08. The molecule has 0 aromatic heterocycles. The molecule has 14 heteroatoms. The molecular formula is C39H79NO13. The Labute approximate surface area is 322 Å². The molecule has 1 N–H and O–H groups in total.